The molecule has 0 saturated heterocycles. The molecule has 3 N–H and O–H groups in total. The average Bonchev–Trinajstić information content (AvgIpc) is 2.59. The Labute approximate surface area is 85.9 Å². The molecule has 0 unspecified atom stereocenters. The molecule has 0 aliphatic carbocycles. The second-order valence-corrected chi connectivity index (χ2v) is 4.01. The number of nitrogen functional groups attached to an aromatic ring is 1. The Balaban J connectivity index is 2.67. The molecule has 0 saturated carbocycles. The van der Waals surface area contributed by atoms with Gasteiger partial charge in [-0.2, -0.15) is 0 Å². The van der Waals surface area contributed by atoms with Crippen LogP contribution in [0.25, 0.3) is 10.1 Å². The molecule has 14 heavy (non-hydrogen) atoms. The van der Waals surface area contributed by atoms with Crippen molar-refractivity contribution in [1.82, 2.24) is 0 Å². The van der Waals surface area contributed by atoms with Gasteiger partial charge in [0, 0.05) is 10.3 Å². The summed E-state index contributed by atoms with van der Waals surface area (Å²) >= 11 is 1.51. The van der Waals surface area contributed by atoms with Gasteiger partial charge in [0.15, 0.2) is 0 Å². The molecule has 3 heteroatoms. The summed E-state index contributed by atoms with van der Waals surface area (Å²) in [5, 5.41) is 8.37. The monoisotopic (exact) mass is 200 g/mol. The first-order valence-corrected chi connectivity index (χ1v) is 4.87. The Kier molecular flexibility index (Phi) is 1.99. The smallest absolute Gasteiger partial charge is 0.133 e. The van der Waals surface area contributed by atoms with Crippen LogP contribution in [0.15, 0.2) is 24.3 Å². The number of hydrogen-bond donors (Lipinski definition) is 2. The minimum Gasteiger partial charge on any atom is -0.383 e. The van der Waals surface area contributed by atoms with E-state index in [2.05, 4.69) is 5.92 Å². The summed E-state index contributed by atoms with van der Waals surface area (Å²) < 4.78 is 1.11. The van der Waals surface area contributed by atoms with Crippen LogP contribution in [0.2, 0.25) is 0 Å². The van der Waals surface area contributed by atoms with Gasteiger partial charge < -0.3 is 5.73 Å². The third-order valence-corrected chi connectivity index (χ3v) is 3.10. The Morgan fingerprint density at radius 3 is 2.86 bits per heavy atom. The minimum atomic E-state index is 0.105. The first-order valence-electron chi connectivity index (χ1n) is 4.05. The Hall–Kier alpha value is -1.79. The largest absolute Gasteiger partial charge is 0.383 e. The highest BCUT2D eigenvalue weighted by atomic mass is 32.1. The van der Waals surface area contributed by atoms with Gasteiger partial charge >= 0.3 is 0 Å². The molecule has 1 aromatic heterocycles. The zero-order chi connectivity index (χ0) is 10.1. The molecule has 68 valence electrons. The fourth-order valence-electron chi connectivity index (χ4n) is 1.27. The van der Waals surface area contributed by atoms with E-state index in [-0.39, 0.29) is 5.84 Å². The summed E-state index contributed by atoms with van der Waals surface area (Å²) in [7, 11) is 0. The molecule has 2 aromatic rings. The maximum Gasteiger partial charge on any atom is 0.133 e. The van der Waals surface area contributed by atoms with Gasteiger partial charge in [0.1, 0.15) is 5.84 Å². The van der Waals surface area contributed by atoms with E-state index in [0.29, 0.717) is 0 Å². The van der Waals surface area contributed by atoms with Gasteiger partial charge in [-0.05, 0) is 29.7 Å². The maximum absolute atomic E-state index is 7.31. The number of fused-ring (bicyclic) bond motifs is 1. The van der Waals surface area contributed by atoms with Crippen molar-refractivity contribution in [2.24, 2.45) is 5.73 Å². The number of terminal acetylenes is 1. The average molecular weight is 200 g/mol. The number of amidine groups is 1. The summed E-state index contributed by atoms with van der Waals surface area (Å²) in [6.07, 6.45) is 5.29. The van der Waals surface area contributed by atoms with E-state index >= 15 is 0 Å². The van der Waals surface area contributed by atoms with Gasteiger partial charge in [-0.3, -0.25) is 5.41 Å². The molecular weight excluding hydrogens is 192 g/mol. The van der Waals surface area contributed by atoms with Crippen molar-refractivity contribution in [3.05, 3.63) is 34.7 Å². The molecule has 0 aliphatic heterocycles. The molecular formula is C11H8N2S. The number of nitrogens with one attached hydrogen (secondary N) is 1. The predicted octanol–water partition coefficient (Wildman–Crippen LogP) is 2.17. The predicted molar refractivity (Wildman–Crippen MR) is 60.8 cm³/mol. The van der Waals surface area contributed by atoms with Crippen molar-refractivity contribution in [3.63, 3.8) is 0 Å². The highest BCUT2D eigenvalue weighted by Gasteiger charge is 2.03. The summed E-state index contributed by atoms with van der Waals surface area (Å²) in [6.45, 7) is 0. The molecule has 0 bridgehead atoms. The first-order chi connectivity index (χ1) is 6.70. The summed E-state index contributed by atoms with van der Waals surface area (Å²) in [4.78, 5) is 0.786. The first kappa shape index (κ1) is 8.79. The highest BCUT2D eigenvalue weighted by Crippen LogP contribution is 2.25. The lowest BCUT2D eigenvalue weighted by molar-refractivity contribution is 1.46. The van der Waals surface area contributed by atoms with Crippen LogP contribution in [0.1, 0.15) is 10.4 Å². The van der Waals surface area contributed by atoms with Crippen LogP contribution in [0.5, 0.6) is 0 Å². The summed E-state index contributed by atoms with van der Waals surface area (Å²) in [5.74, 6) is 2.68. The summed E-state index contributed by atoms with van der Waals surface area (Å²) in [5.41, 5.74) is 6.25. The van der Waals surface area contributed by atoms with Crippen LogP contribution in [-0.2, 0) is 0 Å². The van der Waals surface area contributed by atoms with Crippen molar-refractivity contribution < 1.29 is 0 Å². The highest BCUT2D eigenvalue weighted by molar-refractivity contribution is 7.20. The SMILES string of the molecule is C#Cc1ccc2sc(C(=N)N)cc2c1. The number of benzene rings is 1. The molecule has 0 spiro atoms. The zero-order valence-electron chi connectivity index (χ0n) is 7.37. The Morgan fingerprint density at radius 2 is 2.21 bits per heavy atom. The minimum absolute atomic E-state index is 0.105. The zero-order valence-corrected chi connectivity index (χ0v) is 8.19. The normalized spacial score (nSPS) is 9.93. The molecule has 2 rings (SSSR count). The van der Waals surface area contributed by atoms with Gasteiger partial charge in [0.25, 0.3) is 0 Å². The van der Waals surface area contributed by atoms with E-state index in [1.807, 2.05) is 24.3 Å². The third kappa shape index (κ3) is 1.36. The number of hydrogen-bond acceptors (Lipinski definition) is 2. The van der Waals surface area contributed by atoms with Gasteiger partial charge in [-0.25, -0.2) is 0 Å². The van der Waals surface area contributed by atoms with Crippen molar-refractivity contribution >= 4 is 27.3 Å². The Morgan fingerprint density at radius 1 is 1.43 bits per heavy atom. The molecule has 0 fully saturated rings. The standard InChI is InChI=1S/C11H8N2S/c1-2-7-3-4-9-8(5-7)6-10(14-9)11(12)13/h1,3-6H,(H3,12,13). The fraction of sp³-hybridized carbons (Fsp3) is 0. The topological polar surface area (TPSA) is 49.9 Å². The lowest BCUT2D eigenvalue weighted by Gasteiger charge is -1.89. The van der Waals surface area contributed by atoms with Crippen molar-refractivity contribution in [2.45, 2.75) is 0 Å². The van der Waals surface area contributed by atoms with Crippen LogP contribution in [0.3, 0.4) is 0 Å². The van der Waals surface area contributed by atoms with Crippen molar-refractivity contribution in [1.29, 1.82) is 5.41 Å². The van der Waals surface area contributed by atoms with E-state index in [9.17, 15) is 0 Å². The number of thiophene rings is 1. The third-order valence-electron chi connectivity index (χ3n) is 1.95. The van der Waals surface area contributed by atoms with E-state index < -0.39 is 0 Å². The van der Waals surface area contributed by atoms with Crippen molar-refractivity contribution in [2.75, 3.05) is 0 Å². The number of rotatable bonds is 1. The lowest BCUT2D eigenvalue weighted by Crippen LogP contribution is -2.08. The molecule has 1 heterocycles. The Bertz CT molecular complexity index is 546. The lowest BCUT2D eigenvalue weighted by atomic mass is 10.2. The van der Waals surface area contributed by atoms with E-state index in [1.165, 1.54) is 11.3 Å². The van der Waals surface area contributed by atoms with E-state index in [4.69, 9.17) is 17.6 Å². The molecule has 0 aliphatic rings. The molecule has 1 aromatic carbocycles. The van der Waals surface area contributed by atoms with Gasteiger partial charge in [-0.15, -0.1) is 17.8 Å². The van der Waals surface area contributed by atoms with Crippen LogP contribution in [0.4, 0.5) is 0 Å². The molecule has 0 atom stereocenters. The quantitative estimate of drug-likeness (QED) is 0.413. The van der Waals surface area contributed by atoms with Gasteiger partial charge in [-0.1, -0.05) is 5.92 Å². The van der Waals surface area contributed by atoms with Crippen LogP contribution in [0, 0.1) is 17.8 Å². The molecule has 2 nitrogen and oxygen atoms in total. The van der Waals surface area contributed by atoms with Gasteiger partial charge in [0.2, 0.25) is 0 Å². The summed E-state index contributed by atoms with van der Waals surface area (Å²) in [6, 6.07) is 7.67. The number of nitrogens with two attached hydrogens (primary N) is 1. The maximum atomic E-state index is 7.31. The molecule has 0 amide bonds. The van der Waals surface area contributed by atoms with Crippen molar-refractivity contribution in [3.8, 4) is 12.3 Å². The second-order valence-electron chi connectivity index (χ2n) is 2.92. The van der Waals surface area contributed by atoms with E-state index in [1.54, 1.807) is 0 Å². The second kappa shape index (κ2) is 3.17. The molecule has 0 radical (unpaired) electrons. The fourth-order valence-corrected chi connectivity index (χ4v) is 2.17. The van der Waals surface area contributed by atoms with Crippen LogP contribution in [-0.4, -0.2) is 5.84 Å². The van der Waals surface area contributed by atoms with Crippen LogP contribution >= 0.6 is 11.3 Å². The van der Waals surface area contributed by atoms with E-state index in [0.717, 1.165) is 20.5 Å². The van der Waals surface area contributed by atoms with Gasteiger partial charge in [0.05, 0.1) is 4.88 Å². The van der Waals surface area contributed by atoms with Crippen LogP contribution < -0.4 is 5.73 Å².